The Kier molecular flexibility index (Phi) is 3.37. The van der Waals surface area contributed by atoms with Gasteiger partial charge in [0.05, 0.1) is 4.90 Å². The molecule has 0 aromatic heterocycles. The third-order valence-electron chi connectivity index (χ3n) is 3.97. The van der Waals surface area contributed by atoms with Crippen molar-refractivity contribution in [1.29, 1.82) is 0 Å². The van der Waals surface area contributed by atoms with Crippen molar-refractivity contribution in [3.05, 3.63) is 53.1 Å². The van der Waals surface area contributed by atoms with Gasteiger partial charge in [0.1, 0.15) is 0 Å². The first-order chi connectivity index (χ1) is 9.97. The average Bonchev–Trinajstić information content (AvgIpc) is 2.88. The van der Waals surface area contributed by atoms with Crippen molar-refractivity contribution in [3.63, 3.8) is 0 Å². The van der Waals surface area contributed by atoms with E-state index in [4.69, 9.17) is 5.73 Å². The van der Waals surface area contributed by atoms with Gasteiger partial charge in [-0.15, -0.1) is 0 Å². The molecule has 0 aliphatic heterocycles. The predicted octanol–water partition coefficient (Wildman–Crippen LogP) is 2.87. The summed E-state index contributed by atoms with van der Waals surface area (Å²) < 4.78 is 27.7. The fraction of sp³-hybridized carbons (Fsp3) is 0.250. The number of benzene rings is 2. The van der Waals surface area contributed by atoms with E-state index in [1.54, 1.807) is 25.1 Å². The Hall–Kier alpha value is -2.01. The van der Waals surface area contributed by atoms with Crippen LogP contribution in [-0.4, -0.2) is 8.42 Å². The molecule has 2 aromatic rings. The number of anilines is 2. The van der Waals surface area contributed by atoms with Crippen LogP contribution in [-0.2, 0) is 22.9 Å². The summed E-state index contributed by atoms with van der Waals surface area (Å²) in [5, 5.41) is 0. The summed E-state index contributed by atoms with van der Waals surface area (Å²) in [4.78, 5) is 0.225. The van der Waals surface area contributed by atoms with Crippen LogP contribution in [0.1, 0.15) is 23.1 Å². The molecule has 21 heavy (non-hydrogen) atoms. The van der Waals surface area contributed by atoms with Gasteiger partial charge in [-0.2, -0.15) is 0 Å². The molecule has 3 N–H and O–H groups in total. The third kappa shape index (κ3) is 2.61. The lowest BCUT2D eigenvalue weighted by molar-refractivity contribution is 0.600. The zero-order valence-corrected chi connectivity index (χ0v) is 12.7. The molecule has 0 atom stereocenters. The lowest BCUT2D eigenvalue weighted by Gasteiger charge is -2.12. The number of sulfonamides is 1. The van der Waals surface area contributed by atoms with Crippen molar-refractivity contribution < 1.29 is 8.42 Å². The molecule has 4 nitrogen and oxygen atoms in total. The second-order valence-corrected chi connectivity index (χ2v) is 7.06. The highest BCUT2D eigenvalue weighted by atomic mass is 32.2. The molecular formula is C16H18N2O2S. The van der Waals surface area contributed by atoms with Crippen LogP contribution in [0.2, 0.25) is 0 Å². The third-order valence-corrected chi connectivity index (χ3v) is 5.49. The molecule has 0 unspecified atom stereocenters. The van der Waals surface area contributed by atoms with Gasteiger partial charge in [-0.1, -0.05) is 12.1 Å². The summed E-state index contributed by atoms with van der Waals surface area (Å²) in [7, 11) is -3.61. The standard InChI is InChI=1S/C16H18N2O2S/c1-11-15(17)6-3-7-16(11)21(19,20)18-14-9-8-12-4-2-5-13(12)10-14/h3,6-10,18H,2,4-5,17H2,1H3. The van der Waals surface area contributed by atoms with Crippen LogP contribution in [0.15, 0.2) is 41.3 Å². The number of fused-ring (bicyclic) bond motifs is 1. The summed E-state index contributed by atoms with van der Waals surface area (Å²) in [5.41, 5.74) is 10.0. The minimum Gasteiger partial charge on any atom is -0.398 e. The number of nitrogen functional groups attached to an aromatic ring is 1. The largest absolute Gasteiger partial charge is 0.398 e. The molecule has 0 heterocycles. The number of hydrogen-bond donors (Lipinski definition) is 2. The smallest absolute Gasteiger partial charge is 0.262 e. The Bertz CT molecular complexity index is 798. The first-order valence-electron chi connectivity index (χ1n) is 6.97. The van der Waals surface area contributed by atoms with E-state index >= 15 is 0 Å². The second-order valence-electron chi connectivity index (χ2n) is 5.41. The summed E-state index contributed by atoms with van der Waals surface area (Å²) in [6, 6.07) is 10.7. The van der Waals surface area contributed by atoms with Gasteiger partial charge in [-0.25, -0.2) is 8.42 Å². The predicted molar refractivity (Wildman–Crippen MR) is 84.9 cm³/mol. The first-order valence-corrected chi connectivity index (χ1v) is 8.45. The van der Waals surface area contributed by atoms with E-state index in [1.807, 2.05) is 18.2 Å². The molecule has 0 bridgehead atoms. The maximum absolute atomic E-state index is 12.5. The molecule has 0 saturated heterocycles. The van der Waals surface area contributed by atoms with Crippen LogP contribution in [0.5, 0.6) is 0 Å². The van der Waals surface area contributed by atoms with E-state index in [-0.39, 0.29) is 4.90 Å². The van der Waals surface area contributed by atoms with Crippen molar-refractivity contribution in [2.45, 2.75) is 31.1 Å². The minimum absolute atomic E-state index is 0.225. The quantitative estimate of drug-likeness (QED) is 0.856. The van der Waals surface area contributed by atoms with Crippen LogP contribution in [0.25, 0.3) is 0 Å². The van der Waals surface area contributed by atoms with Gasteiger partial charge in [-0.05, 0) is 67.1 Å². The van der Waals surface area contributed by atoms with E-state index in [9.17, 15) is 8.42 Å². The first kappa shape index (κ1) is 13.9. The fourth-order valence-corrected chi connectivity index (χ4v) is 4.09. The summed E-state index contributed by atoms with van der Waals surface area (Å²) >= 11 is 0. The number of rotatable bonds is 3. The topological polar surface area (TPSA) is 72.2 Å². The van der Waals surface area contributed by atoms with E-state index < -0.39 is 10.0 Å². The van der Waals surface area contributed by atoms with Crippen molar-refractivity contribution in [2.75, 3.05) is 10.5 Å². The van der Waals surface area contributed by atoms with E-state index in [0.717, 1.165) is 19.3 Å². The number of nitrogens with one attached hydrogen (secondary N) is 1. The van der Waals surface area contributed by atoms with Crippen LogP contribution in [0.3, 0.4) is 0 Å². The van der Waals surface area contributed by atoms with E-state index in [1.165, 1.54) is 11.1 Å². The summed E-state index contributed by atoms with van der Waals surface area (Å²) in [5.74, 6) is 0. The van der Waals surface area contributed by atoms with E-state index in [0.29, 0.717) is 16.9 Å². The molecule has 0 fully saturated rings. The van der Waals surface area contributed by atoms with Gasteiger partial charge in [0.2, 0.25) is 0 Å². The van der Waals surface area contributed by atoms with Crippen LogP contribution in [0, 0.1) is 6.92 Å². The highest BCUT2D eigenvalue weighted by Gasteiger charge is 2.19. The Morgan fingerprint density at radius 3 is 2.67 bits per heavy atom. The van der Waals surface area contributed by atoms with Crippen molar-refractivity contribution >= 4 is 21.4 Å². The molecular weight excluding hydrogens is 284 g/mol. The molecule has 2 aromatic carbocycles. The van der Waals surface area contributed by atoms with Crippen molar-refractivity contribution in [2.24, 2.45) is 0 Å². The van der Waals surface area contributed by atoms with Crippen LogP contribution < -0.4 is 10.5 Å². The monoisotopic (exact) mass is 302 g/mol. The minimum atomic E-state index is -3.61. The van der Waals surface area contributed by atoms with E-state index in [2.05, 4.69) is 4.72 Å². The lowest BCUT2D eigenvalue weighted by atomic mass is 10.1. The van der Waals surface area contributed by atoms with Crippen LogP contribution >= 0.6 is 0 Å². The maximum atomic E-state index is 12.5. The van der Waals surface area contributed by atoms with Crippen LogP contribution in [0.4, 0.5) is 11.4 Å². The zero-order valence-electron chi connectivity index (χ0n) is 11.9. The van der Waals surface area contributed by atoms with Gasteiger partial charge in [-0.3, -0.25) is 4.72 Å². The Balaban J connectivity index is 1.95. The SMILES string of the molecule is Cc1c(N)cccc1S(=O)(=O)Nc1ccc2c(c1)CCC2. The zero-order chi connectivity index (χ0) is 15.0. The Morgan fingerprint density at radius 1 is 1.10 bits per heavy atom. The fourth-order valence-electron chi connectivity index (χ4n) is 2.77. The van der Waals surface area contributed by atoms with Gasteiger partial charge < -0.3 is 5.73 Å². The molecule has 3 rings (SSSR count). The molecule has 0 saturated carbocycles. The number of aryl methyl sites for hydroxylation is 2. The summed E-state index contributed by atoms with van der Waals surface area (Å²) in [6.45, 7) is 1.71. The Morgan fingerprint density at radius 2 is 1.86 bits per heavy atom. The molecule has 0 spiro atoms. The lowest BCUT2D eigenvalue weighted by Crippen LogP contribution is -2.15. The maximum Gasteiger partial charge on any atom is 0.262 e. The van der Waals surface area contributed by atoms with Crippen molar-refractivity contribution in [3.8, 4) is 0 Å². The number of nitrogens with two attached hydrogens (primary N) is 1. The van der Waals surface area contributed by atoms with Gasteiger partial charge >= 0.3 is 0 Å². The second kappa shape index (κ2) is 5.07. The molecule has 110 valence electrons. The molecule has 1 aliphatic rings. The Labute approximate surface area is 125 Å². The highest BCUT2D eigenvalue weighted by Crippen LogP contribution is 2.27. The highest BCUT2D eigenvalue weighted by molar-refractivity contribution is 7.92. The molecule has 0 amide bonds. The normalized spacial score (nSPS) is 14.0. The molecule has 5 heteroatoms. The average molecular weight is 302 g/mol. The summed E-state index contributed by atoms with van der Waals surface area (Å²) in [6.07, 6.45) is 3.23. The van der Waals surface area contributed by atoms with Gasteiger partial charge in [0.25, 0.3) is 10.0 Å². The van der Waals surface area contributed by atoms with Gasteiger partial charge in [0, 0.05) is 11.4 Å². The van der Waals surface area contributed by atoms with Gasteiger partial charge in [0.15, 0.2) is 0 Å². The molecule has 0 radical (unpaired) electrons. The molecule has 1 aliphatic carbocycles. The number of hydrogen-bond acceptors (Lipinski definition) is 3. The van der Waals surface area contributed by atoms with Crippen molar-refractivity contribution in [1.82, 2.24) is 0 Å².